The molecule has 5 heteroatoms. The Kier molecular flexibility index (Phi) is 6.87. The molecule has 5 heterocycles. The second kappa shape index (κ2) is 11.8. The Morgan fingerprint density at radius 1 is 0.347 bits per heavy atom. The van der Waals surface area contributed by atoms with Gasteiger partial charge in [-0.25, -0.2) is 20.0 Å². The molecule has 49 heavy (non-hydrogen) atoms. The van der Waals surface area contributed by atoms with Gasteiger partial charge in [0, 0.05) is 22.3 Å². The van der Waals surface area contributed by atoms with Gasteiger partial charge in [0.2, 0.25) is 0 Å². The van der Waals surface area contributed by atoms with E-state index in [1.807, 2.05) is 72.8 Å². The summed E-state index contributed by atoms with van der Waals surface area (Å²) in [5.41, 5.74) is 21.6. The van der Waals surface area contributed by atoms with Crippen molar-refractivity contribution in [2.75, 3.05) is 0 Å². The van der Waals surface area contributed by atoms with E-state index in [9.17, 15) is 0 Å². The van der Waals surface area contributed by atoms with Crippen molar-refractivity contribution in [1.29, 1.82) is 0 Å². The number of nitrogens with two attached hydrogens (primary N) is 1. The highest BCUT2D eigenvalue weighted by atomic mass is 14.9. The summed E-state index contributed by atoms with van der Waals surface area (Å²) in [5, 5.41) is 0. The zero-order valence-corrected chi connectivity index (χ0v) is 26.5. The van der Waals surface area contributed by atoms with Gasteiger partial charge in [-0.05, 0) is 64.8 Å². The molecule has 0 atom stereocenters. The SMILES string of the molecule is NC1=C2C=C(c3ccccc3)C(=N2)C(c2ccccc2)=C2C=CC(=N2)C(c2ccccc2)=C2C=CC(=N2)C(c2ccccc2)=C2C=CC1=N2. The van der Waals surface area contributed by atoms with E-state index in [4.69, 9.17) is 25.7 Å². The zero-order valence-electron chi connectivity index (χ0n) is 26.5. The fourth-order valence-electron chi connectivity index (χ4n) is 6.72. The van der Waals surface area contributed by atoms with Gasteiger partial charge in [0.1, 0.15) is 0 Å². The molecule has 230 valence electrons. The molecule has 9 rings (SSSR count). The number of benzene rings is 4. The van der Waals surface area contributed by atoms with Crippen LogP contribution in [-0.2, 0) is 0 Å². The average molecular weight is 628 g/mol. The standard InChI is InChI=1S/C44H29N5/c45-43-38-26-25-36(48-38)41(30-17-9-3-10-18-30)34-22-21-33(46-34)40(29-15-7-2-8-16-29)35-23-24-37(47-35)42(31-19-11-4-12-20-31)44-32(27-39(43)49-44)28-13-5-1-6-14-28/h1-27H,45H2. The normalized spacial score (nSPS) is 17.9. The summed E-state index contributed by atoms with van der Waals surface area (Å²) in [6, 6.07) is 41.3. The molecule has 4 aromatic carbocycles. The topological polar surface area (TPSA) is 75.5 Å². The minimum Gasteiger partial charge on any atom is -0.395 e. The van der Waals surface area contributed by atoms with Gasteiger partial charge in [-0.1, -0.05) is 121 Å². The van der Waals surface area contributed by atoms with Gasteiger partial charge in [0.05, 0.1) is 51.3 Å². The Morgan fingerprint density at radius 3 is 1.22 bits per heavy atom. The first-order chi connectivity index (χ1) is 24.2. The number of hydrogen-bond donors (Lipinski definition) is 1. The molecule has 5 aliphatic rings. The number of allylic oxidation sites excluding steroid dienone is 11. The van der Waals surface area contributed by atoms with E-state index in [2.05, 4.69) is 91.0 Å². The lowest BCUT2D eigenvalue weighted by atomic mass is 9.91. The zero-order chi connectivity index (χ0) is 32.7. The first-order valence-corrected chi connectivity index (χ1v) is 16.3. The fraction of sp³-hybridized carbons (Fsp3) is 0. The molecule has 8 bridgehead atoms. The molecule has 0 amide bonds. The number of fused-ring (bicyclic) bond motifs is 4. The van der Waals surface area contributed by atoms with Crippen molar-refractivity contribution in [3.8, 4) is 0 Å². The van der Waals surface area contributed by atoms with E-state index in [-0.39, 0.29) is 0 Å². The fourth-order valence-corrected chi connectivity index (χ4v) is 6.72. The van der Waals surface area contributed by atoms with Gasteiger partial charge >= 0.3 is 0 Å². The van der Waals surface area contributed by atoms with E-state index in [1.54, 1.807) is 0 Å². The molecule has 0 aromatic heterocycles. The Labute approximate surface area is 284 Å². The molecule has 0 saturated heterocycles. The van der Waals surface area contributed by atoms with E-state index in [0.717, 1.165) is 78.8 Å². The highest BCUT2D eigenvalue weighted by Crippen LogP contribution is 2.39. The number of rotatable bonds is 4. The molecule has 0 spiro atoms. The van der Waals surface area contributed by atoms with Crippen LogP contribution < -0.4 is 5.73 Å². The lowest BCUT2D eigenvalue weighted by Crippen LogP contribution is -2.10. The Hall–Kier alpha value is -6.72. The predicted molar refractivity (Wildman–Crippen MR) is 203 cm³/mol. The van der Waals surface area contributed by atoms with Crippen LogP contribution in [0.5, 0.6) is 0 Å². The maximum Gasteiger partial charge on any atom is 0.0895 e. The van der Waals surface area contributed by atoms with Crippen molar-refractivity contribution in [2.45, 2.75) is 0 Å². The second-order valence-electron chi connectivity index (χ2n) is 12.1. The first kappa shape index (κ1) is 28.5. The van der Waals surface area contributed by atoms with Crippen molar-refractivity contribution < 1.29 is 0 Å². The molecule has 2 N–H and O–H groups in total. The summed E-state index contributed by atoms with van der Waals surface area (Å²) in [7, 11) is 0. The Bertz CT molecular complexity index is 2420. The van der Waals surface area contributed by atoms with Gasteiger partial charge in [-0.2, -0.15) is 0 Å². The number of hydrogen-bond acceptors (Lipinski definition) is 5. The Balaban J connectivity index is 1.38. The van der Waals surface area contributed by atoms with Gasteiger partial charge in [-0.3, -0.25) is 0 Å². The van der Waals surface area contributed by atoms with Crippen molar-refractivity contribution >= 4 is 45.1 Å². The smallest absolute Gasteiger partial charge is 0.0895 e. The van der Waals surface area contributed by atoms with Crippen LogP contribution in [0.1, 0.15) is 22.3 Å². The monoisotopic (exact) mass is 627 g/mol. The Morgan fingerprint density at radius 2 is 0.735 bits per heavy atom. The van der Waals surface area contributed by atoms with Gasteiger partial charge < -0.3 is 5.73 Å². The molecule has 0 aliphatic carbocycles. The lowest BCUT2D eigenvalue weighted by molar-refractivity contribution is 1.31. The summed E-state index contributed by atoms with van der Waals surface area (Å²) < 4.78 is 0. The third-order valence-corrected chi connectivity index (χ3v) is 9.03. The summed E-state index contributed by atoms with van der Waals surface area (Å²) in [6.45, 7) is 0. The summed E-state index contributed by atoms with van der Waals surface area (Å²) in [5.74, 6) is 0. The third kappa shape index (κ3) is 5.05. The van der Waals surface area contributed by atoms with E-state index >= 15 is 0 Å². The van der Waals surface area contributed by atoms with Gasteiger partial charge in [0.25, 0.3) is 0 Å². The van der Waals surface area contributed by atoms with Crippen molar-refractivity contribution in [3.63, 3.8) is 0 Å². The number of nitrogens with zero attached hydrogens (tertiary/aromatic N) is 4. The quantitative estimate of drug-likeness (QED) is 0.241. The predicted octanol–water partition coefficient (Wildman–Crippen LogP) is 8.97. The molecule has 4 aromatic rings. The van der Waals surface area contributed by atoms with Crippen molar-refractivity contribution in [1.82, 2.24) is 0 Å². The summed E-state index contributed by atoms with van der Waals surface area (Å²) in [6.07, 6.45) is 14.4. The molecular weight excluding hydrogens is 599 g/mol. The molecule has 0 saturated carbocycles. The van der Waals surface area contributed by atoms with E-state index in [1.165, 1.54) is 0 Å². The first-order valence-electron chi connectivity index (χ1n) is 16.3. The lowest BCUT2D eigenvalue weighted by Gasteiger charge is -2.14. The molecule has 5 aliphatic heterocycles. The molecule has 5 nitrogen and oxygen atoms in total. The van der Waals surface area contributed by atoms with Crippen LogP contribution in [0.25, 0.3) is 22.3 Å². The minimum atomic E-state index is 0.508. The highest BCUT2D eigenvalue weighted by Gasteiger charge is 2.29. The van der Waals surface area contributed by atoms with Crippen molar-refractivity contribution in [3.05, 3.63) is 215 Å². The van der Waals surface area contributed by atoms with Gasteiger partial charge in [-0.15, -0.1) is 0 Å². The molecule has 0 fully saturated rings. The maximum absolute atomic E-state index is 6.96. The molecular formula is C44H29N5. The largest absolute Gasteiger partial charge is 0.395 e. The van der Waals surface area contributed by atoms with E-state index < -0.39 is 0 Å². The van der Waals surface area contributed by atoms with Gasteiger partial charge in [0.15, 0.2) is 0 Å². The van der Waals surface area contributed by atoms with Crippen LogP contribution in [0.4, 0.5) is 0 Å². The van der Waals surface area contributed by atoms with Crippen molar-refractivity contribution in [2.24, 2.45) is 25.7 Å². The summed E-state index contributed by atoms with van der Waals surface area (Å²) >= 11 is 0. The third-order valence-electron chi connectivity index (χ3n) is 9.03. The molecule has 0 radical (unpaired) electrons. The van der Waals surface area contributed by atoms with Crippen LogP contribution in [-0.4, -0.2) is 22.8 Å². The average Bonchev–Trinajstić information content (AvgIpc) is 3.99. The molecule has 0 unspecified atom stereocenters. The van der Waals surface area contributed by atoms with Crippen LogP contribution >= 0.6 is 0 Å². The minimum absolute atomic E-state index is 0.508. The van der Waals surface area contributed by atoms with Crippen LogP contribution in [0.3, 0.4) is 0 Å². The van der Waals surface area contributed by atoms with Crippen LogP contribution in [0.15, 0.2) is 212 Å². The second-order valence-corrected chi connectivity index (χ2v) is 12.1. The van der Waals surface area contributed by atoms with E-state index in [0.29, 0.717) is 17.1 Å². The highest BCUT2D eigenvalue weighted by molar-refractivity contribution is 6.48. The number of aliphatic imine (C=N–C) groups is 4. The maximum atomic E-state index is 6.96. The van der Waals surface area contributed by atoms with Crippen LogP contribution in [0.2, 0.25) is 0 Å². The van der Waals surface area contributed by atoms with Crippen LogP contribution in [0, 0.1) is 0 Å². The summed E-state index contributed by atoms with van der Waals surface area (Å²) in [4.78, 5) is 21.0.